The zero-order valence-electron chi connectivity index (χ0n) is 22.8. The molecule has 4 heterocycles. The van der Waals surface area contributed by atoms with Gasteiger partial charge in [-0.05, 0) is 34.6 Å². The molecule has 0 saturated carbocycles. The van der Waals surface area contributed by atoms with Crippen molar-refractivity contribution in [1.29, 1.82) is 0 Å². The molecule has 3 amide bonds. The molecule has 2 unspecified atom stereocenters. The highest BCUT2D eigenvalue weighted by atomic mass is 32.2. The molecule has 43 heavy (non-hydrogen) atoms. The molecule has 0 radical (unpaired) electrons. The zero-order valence-corrected chi connectivity index (χ0v) is 25.2. The van der Waals surface area contributed by atoms with E-state index in [0.29, 0.717) is 32.3 Å². The van der Waals surface area contributed by atoms with Crippen LogP contribution in [0.25, 0.3) is 0 Å². The van der Waals surface area contributed by atoms with E-state index in [4.69, 9.17) is 21.4 Å². The number of amides is 3. The third-order valence-electron chi connectivity index (χ3n) is 6.49. The summed E-state index contributed by atoms with van der Waals surface area (Å²) in [5, 5.41) is 26.4. The lowest BCUT2D eigenvalue weighted by molar-refractivity contribution is -0.151. The summed E-state index contributed by atoms with van der Waals surface area (Å²) < 4.78 is 12.6. The normalized spacial score (nSPS) is 18.4. The van der Waals surface area contributed by atoms with Crippen LogP contribution in [0.5, 0.6) is 5.75 Å². The van der Waals surface area contributed by atoms with Crippen LogP contribution in [0, 0.1) is 11.4 Å². The van der Waals surface area contributed by atoms with E-state index in [1.807, 2.05) is 0 Å². The number of hydrogen-bond donors (Lipinski definition) is 3. The summed E-state index contributed by atoms with van der Waals surface area (Å²) in [6, 6.07) is 7.97. The van der Waals surface area contributed by atoms with Gasteiger partial charge in [0, 0.05) is 18.6 Å². The number of nitrogens with zero attached hydrogens (tertiary/aromatic N) is 5. The van der Waals surface area contributed by atoms with Crippen molar-refractivity contribution in [2.75, 3.05) is 18.1 Å². The highest BCUT2D eigenvalue weighted by molar-refractivity contribution is 8.01. The lowest BCUT2D eigenvalue weighted by Gasteiger charge is -2.49. The maximum Gasteiger partial charge on any atom is 0.352 e. The molecule has 1 fully saturated rings. The van der Waals surface area contributed by atoms with Crippen molar-refractivity contribution in [3.63, 3.8) is 0 Å². The van der Waals surface area contributed by atoms with Gasteiger partial charge in [0.1, 0.15) is 35.2 Å². The van der Waals surface area contributed by atoms with E-state index >= 15 is 0 Å². The summed E-state index contributed by atoms with van der Waals surface area (Å²) in [5.41, 5.74) is 0.903. The summed E-state index contributed by atoms with van der Waals surface area (Å²) in [6.07, 6.45) is 1.30. The molecule has 1 saturated heterocycles. The molecule has 3 N–H and O–H groups in total. The number of thioether (sulfide) groups is 2. The number of carbonyl (C=O) groups excluding carboxylic acids is 3. The molecule has 224 valence electrons. The van der Waals surface area contributed by atoms with E-state index in [9.17, 15) is 24.3 Å². The first-order chi connectivity index (χ1) is 20.6. The van der Waals surface area contributed by atoms with Crippen molar-refractivity contribution < 1.29 is 33.4 Å². The van der Waals surface area contributed by atoms with Crippen LogP contribution in [0.15, 0.2) is 63.5 Å². The molecule has 5 rings (SSSR count). The second-order valence-electron chi connectivity index (χ2n) is 9.45. The Hall–Kier alpha value is -4.22. The Labute approximate surface area is 258 Å². The number of hydrogen-bond acceptors (Lipinski definition) is 12. The number of fused-ring (bicyclic) bond motifs is 1. The lowest BCUT2D eigenvalue weighted by atomic mass is 10.0. The number of rotatable bonds is 11. The number of aliphatic carboxylic acids is 1. The minimum absolute atomic E-state index is 0.115. The SMILES string of the molecule is Cc1cc(=S)c(OCC(=O)NC(C(=O)NC2C(=O)N3C(C(=O)O)=C(CSc4nnnn4C)CS[C@H]23)c2ccccc2)co1. The van der Waals surface area contributed by atoms with Crippen LogP contribution in [-0.2, 0) is 26.2 Å². The molecule has 3 aromatic rings. The second-order valence-corrected chi connectivity index (χ2v) is 11.9. The Morgan fingerprint density at radius 3 is 2.74 bits per heavy atom. The quantitative estimate of drug-likeness (QED) is 0.156. The molecule has 0 spiro atoms. The molecule has 14 nitrogen and oxygen atoms in total. The van der Waals surface area contributed by atoms with E-state index in [-0.39, 0.29) is 17.2 Å². The molecule has 3 atom stereocenters. The number of carboxylic acids is 1. The highest BCUT2D eigenvalue weighted by Gasteiger charge is 2.54. The number of nitrogens with one attached hydrogen (secondary N) is 2. The number of ether oxygens (including phenoxy) is 1. The van der Waals surface area contributed by atoms with Crippen LogP contribution in [0.4, 0.5) is 0 Å². The molecule has 0 aliphatic carbocycles. The maximum atomic E-state index is 13.5. The Morgan fingerprint density at radius 1 is 1.30 bits per heavy atom. The van der Waals surface area contributed by atoms with Crippen LogP contribution in [-0.4, -0.2) is 83.4 Å². The molecule has 2 aromatic heterocycles. The van der Waals surface area contributed by atoms with E-state index in [0.717, 1.165) is 0 Å². The van der Waals surface area contributed by atoms with Gasteiger partial charge >= 0.3 is 5.97 Å². The average molecular weight is 644 g/mol. The summed E-state index contributed by atoms with van der Waals surface area (Å²) in [6.45, 7) is 1.29. The molecule has 2 aliphatic rings. The standard InChI is InChI=1S/C26H25N7O7S3/c1-13-8-17(41)16(9-39-13)40-10-18(34)27-19(14-6-4-3-5-7-14)22(35)28-20-23(36)33-21(25(37)38)15(11-42-24(20)33)12-43-26-29-30-31-32(26)2/h3-9,19-20,24H,10-12H2,1-2H3,(H,27,34)(H,28,35)(H,37,38)/t19?,20?,24-/m1/s1. The highest BCUT2D eigenvalue weighted by Crippen LogP contribution is 2.41. The Bertz CT molecular complexity index is 1660. The third kappa shape index (κ3) is 6.57. The van der Waals surface area contributed by atoms with Gasteiger partial charge in [-0.25, -0.2) is 9.48 Å². The number of benzene rings is 1. The number of aryl methyl sites for hydroxylation is 2. The van der Waals surface area contributed by atoms with Crippen molar-refractivity contribution in [3.05, 3.63) is 69.8 Å². The number of β-lactam (4-membered cyclic amide) rings is 1. The van der Waals surface area contributed by atoms with Crippen LogP contribution in [0.3, 0.4) is 0 Å². The van der Waals surface area contributed by atoms with E-state index in [2.05, 4.69) is 26.2 Å². The van der Waals surface area contributed by atoms with Crippen molar-refractivity contribution in [3.8, 4) is 5.75 Å². The Morgan fingerprint density at radius 2 is 2.07 bits per heavy atom. The monoisotopic (exact) mass is 643 g/mol. The predicted molar refractivity (Wildman–Crippen MR) is 156 cm³/mol. The fraction of sp³-hybridized carbons (Fsp3) is 0.308. The van der Waals surface area contributed by atoms with Gasteiger partial charge in [-0.3, -0.25) is 19.3 Å². The number of tetrazole rings is 1. The first kappa shape index (κ1) is 30.2. The minimum Gasteiger partial charge on any atom is -0.479 e. The van der Waals surface area contributed by atoms with Crippen molar-refractivity contribution >= 4 is 59.4 Å². The molecule has 2 aliphatic heterocycles. The van der Waals surface area contributed by atoms with Crippen molar-refractivity contribution in [2.45, 2.75) is 29.5 Å². The van der Waals surface area contributed by atoms with Crippen LogP contribution in [0.1, 0.15) is 17.4 Å². The topological polar surface area (TPSA) is 182 Å². The van der Waals surface area contributed by atoms with Gasteiger partial charge < -0.3 is 24.9 Å². The number of carbonyl (C=O) groups is 4. The fourth-order valence-electron chi connectivity index (χ4n) is 4.42. The first-order valence-electron chi connectivity index (χ1n) is 12.8. The minimum atomic E-state index is -1.24. The van der Waals surface area contributed by atoms with Gasteiger partial charge in [-0.15, -0.1) is 16.9 Å². The maximum absolute atomic E-state index is 13.5. The van der Waals surface area contributed by atoms with Crippen LogP contribution >= 0.6 is 35.7 Å². The summed E-state index contributed by atoms with van der Waals surface area (Å²) in [7, 11) is 1.67. The molecular weight excluding hydrogens is 619 g/mol. The molecule has 1 aromatic carbocycles. The van der Waals surface area contributed by atoms with Gasteiger partial charge in [0.25, 0.3) is 11.8 Å². The summed E-state index contributed by atoms with van der Waals surface area (Å²) in [4.78, 5) is 52.9. The first-order valence-corrected chi connectivity index (χ1v) is 15.2. The Kier molecular flexibility index (Phi) is 9.12. The largest absolute Gasteiger partial charge is 0.479 e. The van der Waals surface area contributed by atoms with Gasteiger partial charge in [0.2, 0.25) is 11.1 Å². The van der Waals surface area contributed by atoms with Gasteiger partial charge in [0.05, 0.1) is 4.51 Å². The molecule has 0 bridgehead atoms. The third-order valence-corrected chi connectivity index (χ3v) is 9.25. The van der Waals surface area contributed by atoms with Crippen LogP contribution < -0.4 is 15.4 Å². The Balaban J connectivity index is 1.27. The number of carboxylic acid groups (broad SMARTS) is 1. The van der Waals surface area contributed by atoms with E-state index < -0.39 is 47.8 Å². The summed E-state index contributed by atoms with van der Waals surface area (Å²) >= 11 is 7.82. The average Bonchev–Trinajstić information content (AvgIpc) is 3.41. The van der Waals surface area contributed by atoms with E-state index in [1.54, 1.807) is 50.4 Å². The second kappa shape index (κ2) is 13.0. The lowest BCUT2D eigenvalue weighted by Crippen LogP contribution is -2.71. The van der Waals surface area contributed by atoms with Gasteiger partial charge in [-0.1, -0.05) is 54.3 Å². The smallest absolute Gasteiger partial charge is 0.352 e. The van der Waals surface area contributed by atoms with Gasteiger partial charge in [0.15, 0.2) is 12.4 Å². The predicted octanol–water partition coefficient (Wildman–Crippen LogP) is 1.61. The zero-order chi connectivity index (χ0) is 30.7. The summed E-state index contributed by atoms with van der Waals surface area (Å²) in [5.74, 6) is -1.66. The van der Waals surface area contributed by atoms with Gasteiger partial charge in [-0.2, -0.15) is 0 Å². The van der Waals surface area contributed by atoms with Crippen molar-refractivity contribution in [1.82, 2.24) is 35.7 Å². The van der Waals surface area contributed by atoms with E-state index in [1.165, 1.54) is 39.4 Å². The number of aromatic nitrogens is 4. The van der Waals surface area contributed by atoms with Crippen molar-refractivity contribution in [2.24, 2.45) is 7.05 Å². The molecular formula is C26H25N7O7S3. The van der Waals surface area contributed by atoms with Crippen LogP contribution in [0.2, 0.25) is 0 Å². The fourth-order valence-corrected chi connectivity index (χ4v) is 7.03. The molecule has 17 heteroatoms.